The molecule has 0 saturated carbocycles. The van der Waals surface area contributed by atoms with Gasteiger partial charge in [-0.25, -0.2) is 0 Å². The van der Waals surface area contributed by atoms with Gasteiger partial charge in [0.15, 0.2) is 0 Å². The Morgan fingerprint density at radius 1 is 0.816 bits per heavy atom. The van der Waals surface area contributed by atoms with Crippen LogP contribution in [0.3, 0.4) is 0 Å². The smallest absolute Gasteiger partial charge is 0.508 e. The molecule has 0 atom stereocenters. The molecule has 6 aromatic rings. The van der Waals surface area contributed by atoms with Crippen LogP contribution >= 0.6 is 0 Å². The molecule has 6 rings (SSSR count). The molecule has 7 heteroatoms. The molecule has 0 aliphatic heterocycles. The summed E-state index contributed by atoms with van der Waals surface area (Å²) in [7, 11) is 0. The fourth-order valence-electron chi connectivity index (χ4n) is 6.59. The molecule has 0 aliphatic rings. The predicted molar refractivity (Wildman–Crippen MR) is 195 cm³/mol. The number of nitrogens with zero attached hydrogens (tertiary/aromatic N) is 5. The van der Waals surface area contributed by atoms with E-state index < -0.39 is 5.41 Å². The molecule has 0 fully saturated rings. The van der Waals surface area contributed by atoms with Gasteiger partial charge in [-0.15, -0.1) is 29.8 Å². The number of rotatable bonds is 8. The first-order valence-corrected chi connectivity index (χ1v) is 16.9. The number of hydrogen-bond acceptors (Lipinski definition) is 4. The van der Waals surface area contributed by atoms with E-state index in [1.54, 1.807) is 0 Å². The molecule has 0 N–H and O–H groups in total. The van der Waals surface area contributed by atoms with Crippen molar-refractivity contribution in [3.05, 3.63) is 125 Å². The van der Waals surface area contributed by atoms with E-state index >= 15 is 0 Å². The molecular weight excluding hydrogens is 786 g/mol. The summed E-state index contributed by atoms with van der Waals surface area (Å²) in [5.41, 5.74) is 10.9. The summed E-state index contributed by atoms with van der Waals surface area (Å²) in [6.45, 7) is 24.1. The first-order valence-electron chi connectivity index (χ1n) is 16.9. The molecule has 6 nitrogen and oxygen atoms in total. The van der Waals surface area contributed by atoms with Gasteiger partial charge in [-0.2, -0.15) is 11.2 Å². The van der Waals surface area contributed by atoms with Gasteiger partial charge in [0.25, 0.3) is 0 Å². The second-order valence-electron chi connectivity index (χ2n) is 15.0. The molecule has 0 bridgehead atoms. The minimum atomic E-state index is -0.515. The number of imidazole rings is 1. The molecule has 256 valence electrons. The number of pyridine rings is 2. The van der Waals surface area contributed by atoms with E-state index in [1.165, 1.54) is 11.3 Å². The van der Waals surface area contributed by atoms with E-state index in [9.17, 15) is 0 Å². The monoisotopic (exact) mass is 832 g/mol. The third-order valence-electron chi connectivity index (χ3n) is 9.23. The van der Waals surface area contributed by atoms with Crippen molar-refractivity contribution in [3.63, 3.8) is 0 Å². The van der Waals surface area contributed by atoms with Gasteiger partial charge in [-0.3, -0.25) is 14.6 Å². The molecule has 0 aliphatic carbocycles. The van der Waals surface area contributed by atoms with Crippen LogP contribution in [0.1, 0.15) is 114 Å². The van der Waals surface area contributed by atoms with E-state index in [0.29, 0.717) is 11.5 Å². The van der Waals surface area contributed by atoms with Crippen molar-refractivity contribution in [1.29, 1.82) is 0 Å². The van der Waals surface area contributed by atoms with Crippen LogP contribution in [0.5, 0.6) is 11.5 Å². The Balaban J connectivity index is 0.00000468. The third kappa shape index (κ3) is 6.90. The van der Waals surface area contributed by atoms with Crippen LogP contribution in [0, 0.1) is 26.0 Å². The van der Waals surface area contributed by atoms with Crippen molar-refractivity contribution in [1.82, 2.24) is 24.1 Å². The van der Waals surface area contributed by atoms with Gasteiger partial charge in [0.1, 0.15) is 0 Å². The maximum absolute atomic E-state index is 6.64. The molecule has 4 heterocycles. The molecule has 0 unspecified atom stereocenters. The summed E-state index contributed by atoms with van der Waals surface area (Å²) in [6.07, 6.45) is 3.95. The second-order valence-corrected chi connectivity index (χ2v) is 15.0. The fraction of sp³-hybridized carbons (Fsp3) is 0.357. The van der Waals surface area contributed by atoms with Gasteiger partial charge >= 0.3 is 21.1 Å². The standard InChI is InChI=1S/C42H47N5O.Pt/c1-26(2)38-39(27(3)4)46-25-34(24-35(40(46)44-38)42(10,11)36-22-31(20-21-43-36)41(7,8)9)48-33-19-15-18-32(23-33)47-29(6)37(28(5)45-47)30-16-13-12-14-17-30;/h12-22,25-27H,1-11H3;/q-2;+2. The van der Waals surface area contributed by atoms with Crippen molar-refractivity contribution < 1.29 is 25.8 Å². The average molecular weight is 833 g/mol. The number of hydrogen-bond donors (Lipinski definition) is 0. The number of ether oxygens (including phenoxy) is 1. The van der Waals surface area contributed by atoms with Crippen LogP contribution in [0.2, 0.25) is 0 Å². The van der Waals surface area contributed by atoms with E-state index in [1.807, 2.05) is 41.3 Å². The van der Waals surface area contributed by atoms with Crippen molar-refractivity contribution in [2.24, 2.45) is 0 Å². The van der Waals surface area contributed by atoms with Crippen molar-refractivity contribution >= 4 is 5.65 Å². The fourth-order valence-corrected chi connectivity index (χ4v) is 6.59. The van der Waals surface area contributed by atoms with Crippen LogP contribution < -0.4 is 4.74 Å². The minimum absolute atomic E-state index is 0. The number of fused-ring (bicyclic) bond motifs is 1. The summed E-state index contributed by atoms with van der Waals surface area (Å²) in [4.78, 5) is 10.2. The van der Waals surface area contributed by atoms with E-state index in [2.05, 4.69) is 129 Å². The van der Waals surface area contributed by atoms with Crippen LogP contribution in [-0.2, 0) is 31.9 Å². The Kier molecular flexibility index (Phi) is 10.1. The SMILES string of the molecule is Cc1nn(-c2[c-]c(Oc3[c-]c(C(C)(C)c4cc(C(C)(C)C)ccn4)c4nc(C(C)C)c(C(C)C)n4c3)ccc2)c(C)c1-c1ccccc1.[Pt+2]. The molecule has 49 heavy (non-hydrogen) atoms. The maximum Gasteiger partial charge on any atom is 2.00 e. The van der Waals surface area contributed by atoms with Gasteiger partial charge in [0.05, 0.1) is 5.69 Å². The van der Waals surface area contributed by atoms with E-state index in [0.717, 1.165) is 50.8 Å². The van der Waals surface area contributed by atoms with Crippen LogP contribution in [0.15, 0.2) is 73.1 Å². The van der Waals surface area contributed by atoms with Crippen LogP contribution in [-0.4, -0.2) is 24.1 Å². The van der Waals surface area contributed by atoms with Gasteiger partial charge in [-0.1, -0.05) is 98.8 Å². The zero-order valence-electron chi connectivity index (χ0n) is 30.5. The van der Waals surface area contributed by atoms with Crippen molar-refractivity contribution in [2.75, 3.05) is 0 Å². The summed E-state index contributed by atoms with van der Waals surface area (Å²) in [5, 5.41) is 4.90. The molecule has 0 saturated heterocycles. The average Bonchev–Trinajstić information content (AvgIpc) is 3.58. The zero-order chi connectivity index (χ0) is 34.5. The topological polar surface area (TPSA) is 57.2 Å². The Bertz CT molecular complexity index is 2100. The van der Waals surface area contributed by atoms with Crippen molar-refractivity contribution in [3.8, 4) is 28.3 Å². The molecule has 0 radical (unpaired) electrons. The zero-order valence-corrected chi connectivity index (χ0v) is 32.8. The van der Waals surface area contributed by atoms with Gasteiger partial charge in [-0.05, 0) is 60.0 Å². The van der Waals surface area contributed by atoms with Gasteiger partial charge < -0.3 is 9.14 Å². The van der Waals surface area contributed by atoms with Crippen LogP contribution in [0.25, 0.3) is 22.5 Å². The first kappa shape index (κ1) is 36.3. The molecule has 2 aromatic carbocycles. The Labute approximate surface area is 306 Å². The number of aryl methyl sites for hydroxylation is 1. The van der Waals surface area contributed by atoms with Crippen molar-refractivity contribution in [2.45, 2.75) is 98.8 Å². The second kappa shape index (κ2) is 13.7. The minimum Gasteiger partial charge on any atom is -0.508 e. The molecular formula is C42H47N5OPt. The maximum atomic E-state index is 6.64. The van der Waals surface area contributed by atoms with Crippen LogP contribution in [0.4, 0.5) is 0 Å². The van der Waals surface area contributed by atoms with Gasteiger partial charge in [0.2, 0.25) is 0 Å². The summed E-state index contributed by atoms with van der Waals surface area (Å²) < 4.78 is 10.8. The Morgan fingerprint density at radius 2 is 1.53 bits per heavy atom. The molecule has 0 spiro atoms. The summed E-state index contributed by atoms with van der Waals surface area (Å²) in [6, 6.07) is 27.8. The largest absolute Gasteiger partial charge is 2.00 e. The normalized spacial score (nSPS) is 12.2. The number of benzene rings is 2. The predicted octanol–water partition coefficient (Wildman–Crippen LogP) is 10.5. The quantitative estimate of drug-likeness (QED) is 0.143. The molecule has 4 aromatic heterocycles. The van der Waals surface area contributed by atoms with E-state index in [4.69, 9.17) is 19.8 Å². The van der Waals surface area contributed by atoms with Gasteiger partial charge in [0, 0.05) is 57.1 Å². The van der Waals surface area contributed by atoms with E-state index in [-0.39, 0.29) is 38.3 Å². The third-order valence-corrected chi connectivity index (χ3v) is 9.23. The molecule has 0 amide bonds. The first-order chi connectivity index (χ1) is 22.7. The Hall–Kier alpha value is -4.02. The summed E-state index contributed by atoms with van der Waals surface area (Å²) in [5.74, 6) is 1.70. The summed E-state index contributed by atoms with van der Waals surface area (Å²) >= 11 is 0. The Morgan fingerprint density at radius 3 is 2.18 bits per heavy atom. The number of aromatic nitrogens is 5.